The van der Waals surface area contributed by atoms with E-state index >= 15 is 0 Å². The Kier molecular flexibility index (Phi) is 1.89. The molecule has 0 radical (unpaired) electrons. The van der Waals surface area contributed by atoms with Gasteiger partial charge in [0.1, 0.15) is 6.10 Å². The molecule has 0 spiro atoms. The maximum absolute atomic E-state index is 10.9. The lowest BCUT2D eigenvalue weighted by molar-refractivity contribution is -0.148. The second-order valence-electron chi connectivity index (χ2n) is 3.38. The number of rotatable bonds is 3. The largest absolute Gasteiger partial charge is 0.481 e. The summed E-state index contributed by atoms with van der Waals surface area (Å²) in [4.78, 5) is 11.6. The van der Waals surface area contributed by atoms with Gasteiger partial charge in [-0.2, -0.15) is 0 Å². The van der Waals surface area contributed by atoms with Crippen LogP contribution in [0.1, 0.15) is 23.8 Å². The minimum Gasteiger partial charge on any atom is -0.481 e. The predicted octanol–water partition coefficient (Wildman–Crippen LogP) is 1.65. The molecule has 0 amide bonds. The summed E-state index contributed by atoms with van der Waals surface area (Å²) in [5, 5.41) is 20.6. The van der Waals surface area contributed by atoms with Gasteiger partial charge in [0, 0.05) is 4.88 Å². The van der Waals surface area contributed by atoms with Crippen molar-refractivity contribution in [2.75, 3.05) is 0 Å². The van der Waals surface area contributed by atoms with Gasteiger partial charge in [-0.15, -0.1) is 11.3 Å². The molecule has 2 N–H and O–H groups in total. The number of carboxylic acid groups (broad SMARTS) is 1. The fourth-order valence-corrected chi connectivity index (χ4v) is 2.28. The first-order chi connectivity index (χ1) is 6.17. The van der Waals surface area contributed by atoms with Crippen LogP contribution in [0.2, 0.25) is 0 Å². The van der Waals surface area contributed by atoms with Crippen molar-refractivity contribution in [3.05, 3.63) is 22.4 Å². The molecule has 4 heteroatoms. The van der Waals surface area contributed by atoms with Gasteiger partial charge in [0.25, 0.3) is 0 Å². The standard InChI is InChI=1S/C9H10O3S/c10-7(6-2-1-5-13-6)9(3-4-9)8(11)12/h1-2,5,7,10H,3-4H2,(H,11,12). The Morgan fingerprint density at radius 1 is 1.62 bits per heavy atom. The molecule has 0 bridgehead atoms. The van der Waals surface area contributed by atoms with E-state index in [0.717, 1.165) is 4.88 Å². The smallest absolute Gasteiger partial charge is 0.312 e. The van der Waals surface area contributed by atoms with Gasteiger partial charge >= 0.3 is 5.97 Å². The molecule has 1 fully saturated rings. The zero-order valence-corrected chi connectivity index (χ0v) is 7.75. The number of aliphatic carboxylic acids is 1. The molecule has 1 aliphatic rings. The highest BCUT2D eigenvalue weighted by atomic mass is 32.1. The number of hydrogen-bond acceptors (Lipinski definition) is 3. The van der Waals surface area contributed by atoms with Crippen LogP contribution in [0.15, 0.2) is 17.5 Å². The van der Waals surface area contributed by atoms with Crippen LogP contribution in [0.3, 0.4) is 0 Å². The van der Waals surface area contributed by atoms with Crippen molar-refractivity contribution in [1.29, 1.82) is 0 Å². The van der Waals surface area contributed by atoms with E-state index in [4.69, 9.17) is 5.11 Å². The van der Waals surface area contributed by atoms with Gasteiger partial charge in [-0.1, -0.05) is 6.07 Å². The summed E-state index contributed by atoms with van der Waals surface area (Å²) in [7, 11) is 0. The van der Waals surface area contributed by atoms with Crippen molar-refractivity contribution < 1.29 is 15.0 Å². The Morgan fingerprint density at radius 2 is 2.31 bits per heavy atom. The summed E-state index contributed by atoms with van der Waals surface area (Å²) in [6.07, 6.45) is 0.341. The topological polar surface area (TPSA) is 57.5 Å². The average Bonchev–Trinajstić information content (AvgIpc) is 2.74. The van der Waals surface area contributed by atoms with Crippen LogP contribution in [-0.4, -0.2) is 16.2 Å². The van der Waals surface area contributed by atoms with E-state index in [2.05, 4.69) is 0 Å². The lowest BCUT2D eigenvalue weighted by Gasteiger charge is -2.15. The molecule has 13 heavy (non-hydrogen) atoms. The summed E-state index contributed by atoms with van der Waals surface area (Å²) in [6, 6.07) is 3.60. The first-order valence-corrected chi connectivity index (χ1v) is 5.00. The van der Waals surface area contributed by atoms with Gasteiger partial charge in [0.2, 0.25) is 0 Å². The van der Waals surface area contributed by atoms with E-state index in [1.54, 1.807) is 6.07 Å². The van der Waals surface area contributed by atoms with Crippen LogP contribution in [0.25, 0.3) is 0 Å². The van der Waals surface area contributed by atoms with Crippen LogP contribution in [0.4, 0.5) is 0 Å². The van der Waals surface area contributed by atoms with Crippen LogP contribution in [0, 0.1) is 5.41 Å². The molecule has 0 saturated heterocycles. The van der Waals surface area contributed by atoms with Crippen molar-refractivity contribution in [2.45, 2.75) is 18.9 Å². The minimum absolute atomic E-state index is 0.585. The third-order valence-corrected chi connectivity index (χ3v) is 3.48. The normalized spacial score (nSPS) is 21.0. The lowest BCUT2D eigenvalue weighted by atomic mass is 9.98. The molecule has 0 aliphatic heterocycles. The van der Waals surface area contributed by atoms with Crippen molar-refractivity contribution in [3.63, 3.8) is 0 Å². The number of aliphatic hydroxyl groups excluding tert-OH is 1. The second kappa shape index (κ2) is 2.82. The lowest BCUT2D eigenvalue weighted by Crippen LogP contribution is -2.22. The molecule has 0 aromatic carbocycles. The van der Waals surface area contributed by atoms with E-state index < -0.39 is 17.5 Å². The third-order valence-electron chi connectivity index (χ3n) is 2.55. The molecule has 70 valence electrons. The number of aliphatic hydroxyl groups is 1. The Balaban J connectivity index is 2.23. The van der Waals surface area contributed by atoms with E-state index in [1.165, 1.54) is 11.3 Å². The average molecular weight is 198 g/mol. The molecule has 3 nitrogen and oxygen atoms in total. The van der Waals surface area contributed by atoms with Crippen LogP contribution in [-0.2, 0) is 4.79 Å². The number of carboxylic acids is 1. The van der Waals surface area contributed by atoms with Gasteiger partial charge < -0.3 is 10.2 Å². The fraction of sp³-hybridized carbons (Fsp3) is 0.444. The number of carbonyl (C=O) groups is 1. The quantitative estimate of drug-likeness (QED) is 0.776. The Bertz CT molecular complexity index is 314. The molecule has 1 aromatic rings. The van der Waals surface area contributed by atoms with E-state index in [9.17, 15) is 9.90 Å². The van der Waals surface area contributed by atoms with Gasteiger partial charge in [0.15, 0.2) is 0 Å². The van der Waals surface area contributed by atoms with Crippen LogP contribution < -0.4 is 0 Å². The summed E-state index contributed by atoms with van der Waals surface area (Å²) >= 11 is 1.40. The molecule has 1 heterocycles. The zero-order chi connectivity index (χ0) is 9.47. The number of thiophene rings is 1. The Labute approximate surface area is 79.6 Å². The first-order valence-electron chi connectivity index (χ1n) is 4.12. The molecule has 1 aliphatic carbocycles. The minimum atomic E-state index is -0.884. The van der Waals surface area contributed by atoms with Crippen molar-refractivity contribution in [3.8, 4) is 0 Å². The summed E-state index contributed by atoms with van der Waals surface area (Å²) < 4.78 is 0. The van der Waals surface area contributed by atoms with E-state index in [0.29, 0.717) is 12.8 Å². The summed E-state index contributed by atoms with van der Waals surface area (Å²) in [5.41, 5.74) is -0.884. The number of hydrogen-bond donors (Lipinski definition) is 2. The SMILES string of the molecule is O=C(O)C1(C(O)c2cccs2)CC1. The highest BCUT2D eigenvalue weighted by Gasteiger charge is 2.56. The zero-order valence-electron chi connectivity index (χ0n) is 6.93. The molecule has 2 rings (SSSR count). The van der Waals surface area contributed by atoms with Gasteiger partial charge in [0.05, 0.1) is 5.41 Å². The molecule has 1 unspecified atom stereocenters. The fourth-order valence-electron chi connectivity index (χ4n) is 1.46. The summed E-state index contributed by atoms with van der Waals surface area (Å²) in [5.74, 6) is -0.881. The van der Waals surface area contributed by atoms with Gasteiger partial charge in [-0.25, -0.2) is 0 Å². The highest BCUT2D eigenvalue weighted by molar-refractivity contribution is 7.10. The van der Waals surface area contributed by atoms with E-state index in [-0.39, 0.29) is 0 Å². The maximum atomic E-state index is 10.9. The van der Waals surface area contributed by atoms with Crippen LogP contribution in [0.5, 0.6) is 0 Å². The van der Waals surface area contributed by atoms with Gasteiger partial charge in [-0.3, -0.25) is 4.79 Å². The Hall–Kier alpha value is -0.870. The van der Waals surface area contributed by atoms with Crippen LogP contribution >= 0.6 is 11.3 Å². The second-order valence-corrected chi connectivity index (χ2v) is 4.36. The molecular weight excluding hydrogens is 188 g/mol. The molecular formula is C9H10O3S. The van der Waals surface area contributed by atoms with E-state index in [1.807, 2.05) is 11.4 Å². The third kappa shape index (κ3) is 1.26. The monoisotopic (exact) mass is 198 g/mol. The molecule has 1 aromatic heterocycles. The first kappa shape index (κ1) is 8.72. The maximum Gasteiger partial charge on any atom is 0.312 e. The highest BCUT2D eigenvalue weighted by Crippen LogP contribution is 2.55. The van der Waals surface area contributed by atoms with Gasteiger partial charge in [-0.05, 0) is 24.3 Å². The van der Waals surface area contributed by atoms with Crippen molar-refractivity contribution in [2.24, 2.45) is 5.41 Å². The predicted molar refractivity (Wildman–Crippen MR) is 48.6 cm³/mol. The molecule has 1 atom stereocenters. The summed E-state index contributed by atoms with van der Waals surface area (Å²) in [6.45, 7) is 0. The Morgan fingerprint density at radius 3 is 2.69 bits per heavy atom. The van der Waals surface area contributed by atoms with Crippen molar-refractivity contribution >= 4 is 17.3 Å². The molecule has 1 saturated carbocycles. The van der Waals surface area contributed by atoms with Crippen molar-refractivity contribution in [1.82, 2.24) is 0 Å².